The second kappa shape index (κ2) is 10.5. The molecule has 10 heteroatoms. The first-order valence-corrected chi connectivity index (χ1v) is 12.3. The molecule has 1 unspecified atom stereocenters. The van der Waals surface area contributed by atoms with Crippen LogP contribution in [0.5, 0.6) is 0 Å². The molecule has 2 aliphatic heterocycles. The van der Waals surface area contributed by atoms with Gasteiger partial charge in [0.25, 0.3) is 5.56 Å². The van der Waals surface area contributed by atoms with Crippen LogP contribution in [0, 0.1) is 6.92 Å². The molecule has 0 aromatic carbocycles. The van der Waals surface area contributed by atoms with Crippen LogP contribution in [-0.4, -0.2) is 60.9 Å². The number of H-pyrrole nitrogens is 1. The molecule has 0 amide bonds. The van der Waals surface area contributed by atoms with E-state index in [1.807, 2.05) is 23.5 Å². The standard InChI is InChI=1S/C19H31N3O5S2/c1-4-28-17(29-5-2)8-6-7-15-22(25)13-9-16(27-14(13)11-26-15)21-10-12(3)18(23)20-19(21)24/h10,13-17,25H,4-9,11H2,1-3H3,(H,20,23,24)/t13-,14-,15?,16-/m1/s1. The van der Waals surface area contributed by atoms with Crippen LogP contribution >= 0.6 is 23.5 Å². The number of fused-ring (bicyclic) bond motifs is 1. The van der Waals surface area contributed by atoms with E-state index in [0.717, 1.165) is 30.8 Å². The molecular formula is C19H31N3O5S2. The summed E-state index contributed by atoms with van der Waals surface area (Å²) in [6, 6.07) is -0.233. The number of thioether (sulfide) groups is 2. The van der Waals surface area contributed by atoms with Gasteiger partial charge in [-0.1, -0.05) is 13.8 Å². The summed E-state index contributed by atoms with van der Waals surface area (Å²) in [7, 11) is 0. The maximum atomic E-state index is 12.2. The van der Waals surface area contributed by atoms with E-state index in [0.29, 0.717) is 23.2 Å². The summed E-state index contributed by atoms with van der Waals surface area (Å²) in [5, 5.41) is 12.0. The van der Waals surface area contributed by atoms with Gasteiger partial charge in [-0.3, -0.25) is 14.3 Å². The molecule has 1 aromatic heterocycles. The van der Waals surface area contributed by atoms with Crippen LogP contribution in [0.1, 0.15) is 51.3 Å². The minimum atomic E-state index is -0.531. The lowest BCUT2D eigenvalue weighted by Gasteiger charge is -2.38. The Bertz CT molecular complexity index is 780. The van der Waals surface area contributed by atoms with Crippen molar-refractivity contribution in [1.82, 2.24) is 14.6 Å². The van der Waals surface area contributed by atoms with Gasteiger partial charge < -0.3 is 14.7 Å². The van der Waals surface area contributed by atoms with Crippen molar-refractivity contribution in [2.45, 2.75) is 75.6 Å². The molecule has 3 heterocycles. The largest absolute Gasteiger partial charge is 0.358 e. The van der Waals surface area contributed by atoms with Gasteiger partial charge in [-0.2, -0.15) is 5.06 Å². The molecule has 2 fully saturated rings. The topological polar surface area (TPSA) is 96.8 Å². The SMILES string of the molecule is CCSC(CCCC1OC[C@H]2O[C@@H](n3cc(C)c(=O)[nH]c3=O)C[C@H]2N1O)SCC. The van der Waals surface area contributed by atoms with Crippen LogP contribution in [0.4, 0.5) is 0 Å². The Labute approximate surface area is 179 Å². The molecule has 2 saturated heterocycles. The number of aromatic nitrogens is 2. The third-order valence-corrected chi connectivity index (χ3v) is 8.04. The van der Waals surface area contributed by atoms with Crippen LogP contribution in [0.3, 0.4) is 0 Å². The Morgan fingerprint density at radius 2 is 2.03 bits per heavy atom. The van der Waals surface area contributed by atoms with Gasteiger partial charge in [0.2, 0.25) is 0 Å². The van der Waals surface area contributed by atoms with Crippen molar-refractivity contribution >= 4 is 23.5 Å². The highest BCUT2D eigenvalue weighted by atomic mass is 32.2. The van der Waals surface area contributed by atoms with E-state index in [-0.39, 0.29) is 18.4 Å². The fraction of sp³-hybridized carbons (Fsp3) is 0.789. The van der Waals surface area contributed by atoms with E-state index in [1.165, 1.54) is 15.8 Å². The molecule has 0 spiro atoms. The van der Waals surface area contributed by atoms with Crippen molar-refractivity contribution in [2.75, 3.05) is 18.1 Å². The summed E-state index contributed by atoms with van der Waals surface area (Å²) in [6.07, 6.45) is 3.61. The maximum absolute atomic E-state index is 12.2. The molecule has 164 valence electrons. The van der Waals surface area contributed by atoms with Crippen molar-refractivity contribution < 1.29 is 14.7 Å². The number of hydrogen-bond acceptors (Lipinski definition) is 8. The van der Waals surface area contributed by atoms with E-state index in [1.54, 1.807) is 6.92 Å². The number of nitrogens with zero attached hydrogens (tertiary/aromatic N) is 2. The second-order valence-corrected chi connectivity index (χ2v) is 10.6. The number of hydroxylamine groups is 2. The van der Waals surface area contributed by atoms with Crippen molar-refractivity contribution in [3.05, 3.63) is 32.6 Å². The highest BCUT2D eigenvalue weighted by molar-refractivity contribution is 8.16. The summed E-state index contributed by atoms with van der Waals surface area (Å²) in [4.78, 5) is 26.1. The minimum absolute atomic E-state index is 0.233. The summed E-state index contributed by atoms with van der Waals surface area (Å²) in [5.74, 6) is 2.21. The first-order chi connectivity index (χ1) is 13.9. The molecule has 0 bridgehead atoms. The normalized spacial score (nSPS) is 27.5. The van der Waals surface area contributed by atoms with Crippen LogP contribution in [-0.2, 0) is 9.47 Å². The highest BCUT2D eigenvalue weighted by Crippen LogP contribution is 2.36. The third kappa shape index (κ3) is 5.48. The van der Waals surface area contributed by atoms with E-state index in [2.05, 4.69) is 18.8 Å². The molecule has 1 aromatic rings. The van der Waals surface area contributed by atoms with E-state index in [4.69, 9.17) is 9.47 Å². The van der Waals surface area contributed by atoms with Gasteiger partial charge in [0.15, 0.2) is 0 Å². The van der Waals surface area contributed by atoms with Crippen molar-refractivity contribution in [2.24, 2.45) is 0 Å². The summed E-state index contributed by atoms with van der Waals surface area (Å²) >= 11 is 3.95. The molecule has 2 aliphatic rings. The number of aryl methyl sites for hydroxylation is 1. The first kappa shape index (κ1) is 22.9. The number of rotatable bonds is 9. The average molecular weight is 446 g/mol. The maximum Gasteiger partial charge on any atom is 0.330 e. The third-order valence-electron chi connectivity index (χ3n) is 5.34. The number of aromatic amines is 1. The molecular weight excluding hydrogens is 414 g/mol. The van der Waals surface area contributed by atoms with E-state index in [9.17, 15) is 14.8 Å². The smallest absolute Gasteiger partial charge is 0.330 e. The zero-order chi connectivity index (χ0) is 21.0. The number of nitrogens with one attached hydrogen (secondary N) is 1. The fourth-order valence-corrected chi connectivity index (χ4v) is 6.48. The lowest BCUT2D eigenvalue weighted by molar-refractivity contribution is -0.286. The van der Waals surface area contributed by atoms with Crippen LogP contribution < -0.4 is 11.2 Å². The highest BCUT2D eigenvalue weighted by Gasteiger charge is 2.46. The predicted octanol–water partition coefficient (Wildman–Crippen LogP) is 2.55. The number of hydrogen-bond donors (Lipinski definition) is 2. The fourth-order valence-electron chi connectivity index (χ4n) is 3.87. The van der Waals surface area contributed by atoms with Crippen molar-refractivity contribution in [3.8, 4) is 0 Å². The quantitative estimate of drug-likeness (QED) is 0.560. The van der Waals surface area contributed by atoms with E-state index >= 15 is 0 Å². The summed E-state index contributed by atoms with van der Waals surface area (Å²) < 4.78 is 13.8. The Balaban J connectivity index is 1.58. The molecule has 3 rings (SSSR count). The van der Waals surface area contributed by atoms with Gasteiger partial charge in [0, 0.05) is 18.2 Å². The van der Waals surface area contributed by atoms with Crippen LogP contribution in [0.2, 0.25) is 0 Å². The average Bonchev–Trinajstić information content (AvgIpc) is 3.12. The molecule has 8 nitrogen and oxygen atoms in total. The van der Waals surface area contributed by atoms with Crippen molar-refractivity contribution in [1.29, 1.82) is 0 Å². The zero-order valence-electron chi connectivity index (χ0n) is 17.2. The molecule has 2 N–H and O–H groups in total. The predicted molar refractivity (Wildman–Crippen MR) is 116 cm³/mol. The van der Waals surface area contributed by atoms with Crippen molar-refractivity contribution in [3.63, 3.8) is 0 Å². The van der Waals surface area contributed by atoms with Crippen LogP contribution in [0.15, 0.2) is 15.8 Å². The summed E-state index contributed by atoms with van der Waals surface area (Å²) in [5.41, 5.74) is -0.448. The second-order valence-electron chi connectivity index (χ2n) is 7.35. The molecule has 0 saturated carbocycles. The Morgan fingerprint density at radius 3 is 2.72 bits per heavy atom. The zero-order valence-corrected chi connectivity index (χ0v) is 18.8. The van der Waals surface area contributed by atoms with Gasteiger partial charge in [-0.25, -0.2) is 4.79 Å². The van der Waals surface area contributed by atoms with Gasteiger partial charge in [-0.05, 0) is 37.7 Å². The molecule has 4 atom stereocenters. The van der Waals surface area contributed by atoms with Gasteiger partial charge >= 0.3 is 5.69 Å². The monoisotopic (exact) mass is 445 g/mol. The molecule has 0 radical (unpaired) electrons. The molecule has 0 aliphatic carbocycles. The Morgan fingerprint density at radius 1 is 1.31 bits per heavy atom. The van der Waals surface area contributed by atoms with Crippen LogP contribution in [0.25, 0.3) is 0 Å². The van der Waals surface area contributed by atoms with Gasteiger partial charge in [0.1, 0.15) is 18.6 Å². The lowest BCUT2D eigenvalue weighted by Crippen LogP contribution is -2.53. The Hall–Kier alpha value is -0.780. The van der Waals surface area contributed by atoms with E-state index < -0.39 is 17.5 Å². The number of ether oxygens (including phenoxy) is 2. The van der Waals surface area contributed by atoms with Gasteiger partial charge in [-0.15, -0.1) is 23.5 Å². The summed E-state index contributed by atoms with van der Waals surface area (Å²) in [6.45, 7) is 6.39. The molecule has 29 heavy (non-hydrogen) atoms. The lowest BCUT2D eigenvalue weighted by atomic mass is 10.1. The van der Waals surface area contributed by atoms with Gasteiger partial charge in [0.05, 0.1) is 17.2 Å². The Kier molecular flexibility index (Phi) is 8.29. The minimum Gasteiger partial charge on any atom is -0.358 e. The first-order valence-electron chi connectivity index (χ1n) is 10.2.